The van der Waals surface area contributed by atoms with E-state index >= 15 is 0 Å². The van der Waals surface area contributed by atoms with E-state index in [1.54, 1.807) is 30.3 Å². The standard InChI is InChI=1S/C13H17ClN6O/c1-20-8-17-12(19-20)5-6-16-13(15)18-9-3-4-11(21-2)10(14)7-9/h3-4,7-8H,5-6H2,1-2H3,(H3,15,16,18). The van der Waals surface area contributed by atoms with Crippen LogP contribution >= 0.6 is 11.6 Å². The summed E-state index contributed by atoms with van der Waals surface area (Å²) in [5.74, 6) is 1.66. The van der Waals surface area contributed by atoms with Gasteiger partial charge in [-0.2, -0.15) is 5.10 Å². The zero-order chi connectivity index (χ0) is 15.2. The molecule has 0 fully saturated rings. The van der Waals surface area contributed by atoms with Gasteiger partial charge in [-0.05, 0) is 18.2 Å². The Morgan fingerprint density at radius 2 is 2.33 bits per heavy atom. The molecule has 0 bridgehead atoms. The molecule has 0 unspecified atom stereocenters. The summed E-state index contributed by atoms with van der Waals surface area (Å²) in [6.45, 7) is 0.507. The van der Waals surface area contributed by atoms with Gasteiger partial charge in [0.25, 0.3) is 0 Å². The Kier molecular flexibility index (Phi) is 4.99. The molecule has 0 saturated heterocycles. The molecule has 0 aliphatic carbocycles. The molecule has 0 amide bonds. The molecule has 7 nitrogen and oxygen atoms in total. The molecule has 0 aliphatic rings. The third-order valence-corrected chi connectivity index (χ3v) is 2.98. The zero-order valence-electron chi connectivity index (χ0n) is 11.9. The molecule has 0 spiro atoms. The monoisotopic (exact) mass is 308 g/mol. The molecule has 0 atom stereocenters. The summed E-state index contributed by atoms with van der Waals surface area (Å²) < 4.78 is 6.74. The van der Waals surface area contributed by atoms with Crippen LogP contribution in [0.3, 0.4) is 0 Å². The van der Waals surface area contributed by atoms with Crippen LogP contribution in [0.25, 0.3) is 0 Å². The average Bonchev–Trinajstić information content (AvgIpc) is 2.84. The van der Waals surface area contributed by atoms with Crippen molar-refractivity contribution in [3.05, 3.63) is 35.4 Å². The molecule has 1 aromatic heterocycles. The number of ether oxygens (including phenoxy) is 1. The minimum absolute atomic E-state index is 0.312. The second kappa shape index (κ2) is 6.94. The Morgan fingerprint density at radius 3 is 2.95 bits per heavy atom. The van der Waals surface area contributed by atoms with Crippen LogP contribution in [0.5, 0.6) is 5.75 Å². The van der Waals surface area contributed by atoms with Crippen molar-refractivity contribution in [3.63, 3.8) is 0 Å². The Morgan fingerprint density at radius 1 is 1.52 bits per heavy atom. The van der Waals surface area contributed by atoms with Gasteiger partial charge in [-0.3, -0.25) is 9.67 Å². The molecule has 21 heavy (non-hydrogen) atoms. The van der Waals surface area contributed by atoms with Crippen molar-refractivity contribution in [2.45, 2.75) is 6.42 Å². The molecule has 0 saturated carbocycles. The van der Waals surface area contributed by atoms with Crippen molar-refractivity contribution in [1.29, 1.82) is 0 Å². The van der Waals surface area contributed by atoms with Crippen LogP contribution in [0.4, 0.5) is 5.69 Å². The van der Waals surface area contributed by atoms with Gasteiger partial charge in [-0.25, -0.2) is 4.98 Å². The maximum Gasteiger partial charge on any atom is 0.193 e. The lowest BCUT2D eigenvalue weighted by molar-refractivity contribution is 0.415. The normalized spacial score (nSPS) is 11.5. The number of hydrogen-bond donors (Lipinski definition) is 2. The predicted molar refractivity (Wildman–Crippen MR) is 82.8 cm³/mol. The van der Waals surface area contributed by atoms with Gasteiger partial charge in [0.2, 0.25) is 0 Å². The van der Waals surface area contributed by atoms with E-state index in [4.69, 9.17) is 22.1 Å². The number of nitrogens with two attached hydrogens (primary N) is 1. The van der Waals surface area contributed by atoms with Gasteiger partial charge in [0.05, 0.1) is 12.1 Å². The van der Waals surface area contributed by atoms with Gasteiger partial charge in [-0.15, -0.1) is 0 Å². The molecule has 1 aromatic carbocycles. The summed E-state index contributed by atoms with van der Waals surface area (Å²) >= 11 is 6.04. The van der Waals surface area contributed by atoms with E-state index in [0.717, 1.165) is 11.5 Å². The van der Waals surface area contributed by atoms with Crippen molar-refractivity contribution in [3.8, 4) is 5.75 Å². The van der Waals surface area contributed by atoms with E-state index in [2.05, 4.69) is 20.4 Å². The van der Waals surface area contributed by atoms with E-state index in [9.17, 15) is 0 Å². The average molecular weight is 309 g/mol. The highest BCUT2D eigenvalue weighted by Crippen LogP contribution is 2.26. The number of aliphatic imine (C=N–C) groups is 1. The first-order valence-electron chi connectivity index (χ1n) is 6.33. The molecule has 3 N–H and O–H groups in total. The highest BCUT2D eigenvalue weighted by Gasteiger charge is 2.03. The first-order chi connectivity index (χ1) is 10.1. The van der Waals surface area contributed by atoms with Gasteiger partial charge < -0.3 is 15.8 Å². The van der Waals surface area contributed by atoms with Crippen LogP contribution in [-0.4, -0.2) is 34.4 Å². The molecule has 8 heteroatoms. The van der Waals surface area contributed by atoms with Crippen molar-refractivity contribution in [1.82, 2.24) is 14.8 Å². The summed E-state index contributed by atoms with van der Waals surface area (Å²) in [6.07, 6.45) is 2.28. The lowest BCUT2D eigenvalue weighted by Gasteiger charge is -2.08. The minimum Gasteiger partial charge on any atom is -0.495 e. The van der Waals surface area contributed by atoms with Gasteiger partial charge in [0.1, 0.15) is 12.1 Å². The molecule has 1 heterocycles. The van der Waals surface area contributed by atoms with Crippen LogP contribution in [-0.2, 0) is 13.5 Å². The van der Waals surface area contributed by atoms with Gasteiger partial charge >= 0.3 is 0 Å². The summed E-state index contributed by atoms with van der Waals surface area (Å²) in [6, 6.07) is 5.30. The highest BCUT2D eigenvalue weighted by molar-refractivity contribution is 6.32. The maximum atomic E-state index is 6.04. The van der Waals surface area contributed by atoms with E-state index in [1.807, 2.05) is 13.1 Å². The molecular weight excluding hydrogens is 292 g/mol. The number of halogens is 1. The van der Waals surface area contributed by atoms with Crippen molar-refractivity contribution in [2.75, 3.05) is 19.0 Å². The minimum atomic E-state index is 0.312. The van der Waals surface area contributed by atoms with E-state index in [1.165, 1.54) is 0 Å². The number of guanidine groups is 1. The summed E-state index contributed by atoms with van der Waals surface area (Å²) in [5.41, 5.74) is 6.56. The number of methoxy groups -OCH3 is 1. The Labute approximate surface area is 127 Å². The van der Waals surface area contributed by atoms with Crippen molar-refractivity contribution >= 4 is 23.2 Å². The third kappa shape index (κ3) is 4.35. The van der Waals surface area contributed by atoms with Crippen molar-refractivity contribution in [2.24, 2.45) is 17.8 Å². The van der Waals surface area contributed by atoms with E-state index < -0.39 is 0 Å². The number of aryl methyl sites for hydroxylation is 1. The summed E-state index contributed by atoms with van der Waals surface area (Å²) in [4.78, 5) is 8.33. The Hall–Kier alpha value is -2.28. The predicted octanol–water partition coefficient (Wildman–Crippen LogP) is 1.45. The number of benzene rings is 1. The largest absolute Gasteiger partial charge is 0.495 e. The van der Waals surface area contributed by atoms with Crippen LogP contribution in [0, 0.1) is 0 Å². The van der Waals surface area contributed by atoms with Crippen LogP contribution in [0.2, 0.25) is 5.02 Å². The highest BCUT2D eigenvalue weighted by atomic mass is 35.5. The summed E-state index contributed by atoms with van der Waals surface area (Å²) in [7, 11) is 3.39. The number of nitrogens with one attached hydrogen (secondary N) is 1. The van der Waals surface area contributed by atoms with E-state index in [-0.39, 0.29) is 0 Å². The molecule has 0 aliphatic heterocycles. The molecule has 2 rings (SSSR count). The number of hydrogen-bond acceptors (Lipinski definition) is 4. The van der Waals surface area contributed by atoms with Crippen LogP contribution < -0.4 is 15.8 Å². The van der Waals surface area contributed by atoms with Gasteiger partial charge in [-0.1, -0.05) is 11.6 Å². The van der Waals surface area contributed by atoms with Gasteiger partial charge in [0.15, 0.2) is 11.8 Å². The maximum absolute atomic E-state index is 6.04. The second-order valence-corrected chi connectivity index (χ2v) is 4.73. The van der Waals surface area contributed by atoms with Gasteiger partial charge in [0, 0.05) is 25.7 Å². The third-order valence-electron chi connectivity index (χ3n) is 2.69. The second-order valence-electron chi connectivity index (χ2n) is 4.33. The number of nitrogens with zero attached hydrogens (tertiary/aromatic N) is 4. The lowest BCUT2D eigenvalue weighted by atomic mass is 10.3. The molecular formula is C13H17ClN6O. The number of aromatic nitrogens is 3. The van der Waals surface area contributed by atoms with Crippen LogP contribution in [0.1, 0.15) is 5.82 Å². The lowest BCUT2D eigenvalue weighted by Crippen LogP contribution is -2.23. The zero-order valence-corrected chi connectivity index (χ0v) is 12.6. The fourth-order valence-electron chi connectivity index (χ4n) is 1.71. The smallest absolute Gasteiger partial charge is 0.193 e. The van der Waals surface area contributed by atoms with E-state index in [0.29, 0.717) is 29.7 Å². The molecule has 112 valence electrons. The van der Waals surface area contributed by atoms with Crippen molar-refractivity contribution < 1.29 is 4.74 Å². The fraction of sp³-hybridized carbons (Fsp3) is 0.308. The summed E-state index contributed by atoms with van der Waals surface area (Å²) in [5, 5.41) is 7.64. The first-order valence-corrected chi connectivity index (χ1v) is 6.71. The fourth-order valence-corrected chi connectivity index (χ4v) is 1.96. The quantitative estimate of drug-likeness (QED) is 0.644. The topological polar surface area (TPSA) is 90.4 Å². The van der Waals surface area contributed by atoms with Crippen LogP contribution in [0.15, 0.2) is 29.5 Å². The molecule has 2 aromatic rings. The Balaban J connectivity index is 1.89. The molecule has 0 radical (unpaired) electrons. The first kappa shape index (κ1) is 15.1. The Bertz CT molecular complexity index is 639. The number of anilines is 1. The number of rotatable bonds is 5. The SMILES string of the molecule is COc1ccc(NC(N)=NCCc2ncn(C)n2)cc1Cl.